The lowest BCUT2D eigenvalue weighted by Gasteiger charge is -2.17. The van der Waals surface area contributed by atoms with E-state index in [0.29, 0.717) is 0 Å². The van der Waals surface area contributed by atoms with E-state index < -0.39 is 21.6 Å². The highest BCUT2D eigenvalue weighted by Gasteiger charge is 2.22. The summed E-state index contributed by atoms with van der Waals surface area (Å²) in [5, 5.41) is 10.6. The monoisotopic (exact) mass is 411 g/mol. The second kappa shape index (κ2) is 8.36. The molecule has 0 aliphatic carbocycles. The normalized spacial score (nSPS) is 11.1. The first-order valence-electron chi connectivity index (χ1n) is 8.91. The first-order chi connectivity index (χ1) is 13.8. The quantitative estimate of drug-likeness (QED) is 0.447. The van der Waals surface area contributed by atoms with Crippen molar-refractivity contribution < 1.29 is 23.1 Å². The fourth-order valence-electron chi connectivity index (χ4n) is 2.72. The van der Waals surface area contributed by atoms with Crippen molar-refractivity contribution in [2.45, 2.75) is 25.3 Å². The largest absolute Gasteiger partial charge is 0.505 e. The molecule has 0 fully saturated rings. The molecule has 3 aromatic carbocycles. The van der Waals surface area contributed by atoms with Gasteiger partial charge in [0.15, 0.2) is 11.5 Å². The van der Waals surface area contributed by atoms with Gasteiger partial charge in [0.2, 0.25) is 0 Å². The fraction of sp³-hybridized carbons (Fsp3) is 0.136. The van der Waals surface area contributed by atoms with E-state index in [1.54, 1.807) is 12.1 Å². The van der Waals surface area contributed by atoms with E-state index in [1.165, 1.54) is 31.2 Å². The maximum absolute atomic E-state index is 12.8. The lowest BCUT2D eigenvalue weighted by Crippen LogP contribution is -2.15. The number of phenols is 1. The zero-order valence-electron chi connectivity index (χ0n) is 16.0. The molecular formula is C22H21NO5S. The molecule has 3 aromatic rings. The first kappa shape index (κ1) is 20.4. The SMILES string of the molecule is CC(=O)c1ccc(OCc2ccccc2)c(NS(=O)(=O)c2ccc(C)cc2)c1O. The Morgan fingerprint density at radius 3 is 2.28 bits per heavy atom. The van der Waals surface area contributed by atoms with Crippen molar-refractivity contribution in [2.75, 3.05) is 4.72 Å². The molecule has 29 heavy (non-hydrogen) atoms. The fourth-order valence-corrected chi connectivity index (χ4v) is 3.80. The number of carbonyl (C=O) groups excluding carboxylic acids is 1. The van der Waals surface area contributed by atoms with Gasteiger partial charge in [0.05, 0.1) is 10.5 Å². The average molecular weight is 411 g/mol. The lowest BCUT2D eigenvalue weighted by molar-refractivity contribution is 0.101. The third-order valence-electron chi connectivity index (χ3n) is 4.32. The number of hydrogen-bond acceptors (Lipinski definition) is 5. The Morgan fingerprint density at radius 2 is 1.66 bits per heavy atom. The topological polar surface area (TPSA) is 92.7 Å². The van der Waals surface area contributed by atoms with Gasteiger partial charge in [0.1, 0.15) is 18.0 Å². The first-order valence-corrected chi connectivity index (χ1v) is 10.4. The summed E-state index contributed by atoms with van der Waals surface area (Å²) in [4.78, 5) is 11.8. The number of aryl methyl sites for hydroxylation is 1. The summed E-state index contributed by atoms with van der Waals surface area (Å²) in [7, 11) is -4.00. The van der Waals surface area contributed by atoms with Gasteiger partial charge in [-0.15, -0.1) is 0 Å². The summed E-state index contributed by atoms with van der Waals surface area (Å²) >= 11 is 0. The van der Waals surface area contributed by atoms with Crippen LogP contribution in [0.25, 0.3) is 0 Å². The van der Waals surface area contributed by atoms with E-state index in [1.807, 2.05) is 37.3 Å². The number of benzene rings is 3. The van der Waals surface area contributed by atoms with Crippen molar-refractivity contribution in [3.63, 3.8) is 0 Å². The van der Waals surface area contributed by atoms with Gasteiger partial charge in [-0.3, -0.25) is 9.52 Å². The number of ketones is 1. The number of rotatable bonds is 7. The molecule has 0 aliphatic heterocycles. The Kier molecular flexibility index (Phi) is 5.89. The van der Waals surface area contributed by atoms with E-state index >= 15 is 0 Å². The minimum atomic E-state index is -4.00. The van der Waals surface area contributed by atoms with Gasteiger partial charge in [0.25, 0.3) is 10.0 Å². The van der Waals surface area contributed by atoms with Crippen molar-refractivity contribution >= 4 is 21.5 Å². The molecule has 0 radical (unpaired) electrons. The van der Waals surface area contributed by atoms with Gasteiger partial charge >= 0.3 is 0 Å². The van der Waals surface area contributed by atoms with E-state index in [0.717, 1.165) is 11.1 Å². The second-order valence-electron chi connectivity index (χ2n) is 6.58. The van der Waals surface area contributed by atoms with Gasteiger partial charge in [-0.05, 0) is 43.7 Å². The molecule has 6 nitrogen and oxygen atoms in total. The van der Waals surface area contributed by atoms with Gasteiger partial charge in [-0.2, -0.15) is 0 Å². The molecule has 7 heteroatoms. The minimum absolute atomic E-state index is 0.00123. The molecule has 0 aromatic heterocycles. The van der Waals surface area contributed by atoms with Crippen molar-refractivity contribution in [3.05, 3.63) is 83.4 Å². The Balaban J connectivity index is 1.98. The van der Waals surface area contributed by atoms with E-state index in [4.69, 9.17) is 4.74 Å². The minimum Gasteiger partial charge on any atom is -0.505 e. The van der Waals surface area contributed by atoms with Crippen LogP contribution in [0.1, 0.15) is 28.4 Å². The Labute approximate surface area is 169 Å². The van der Waals surface area contributed by atoms with Gasteiger partial charge in [-0.25, -0.2) is 8.42 Å². The maximum Gasteiger partial charge on any atom is 0.262 e. The number of anilines is 1. The van der Waals surface area contributed by atoms with Crippen molar-refractivity contribution in [1.29, 1.82) is 0 Å². The molecular weight excluding hydrogens is 390 g/mol. The highest BCUT2D eigenvalue weighted by Crippen LogP contribution is 2.39. The number of ether oxygens (including phenoxy) is 1. The summed E-state index contributed by atoms with van der Waals surface area (Å²) in [6.45, 7) is 3.30. The van der Waals surface area contributed by atoms with Crippen LogP contribution in [0.15, 0.2) is 71.6 Å². The molecule has 0 atom stereocenters. The molecule has 0 aliphatic rings. The van der Waals surface area contributed by atoms with Crippen LogP contribution in [0.4, 0.5) is 5.69 Å². The Morgan fingerprint density at radius 1 is 1.00 bits per heavy atom. The number of hydrogen-bond donors (Lipinski definition) is 2. The number of carbonyl (C=O) groups is 1. The molecule has 150 valence electrons. The zero-order valence-corrected chi connectivity index (χ0v) is 16.9. The summed E-state index contributed by atoms with van der Waals surface area (Å²) in [5.41, 5.74) is 1.61. The molecule has 0 amide bonds. The standard InChI is InChI=1S/C22H21NO5S/c1-15-8-10-18(11-9-15)29(26,27)23-21-20(13-12-19(16(2)24)22(21)25)28-14-17-6-4-3-5-7-17/h3-13,23,25H,14H2,1-2H3. The molecule has 0 spiro atoms. The van der Waals surface area contributed by atoms with Crippen molar-refractivity contribution in [1.82, 2.24) is 0 Å². The number of sulfonamides is 1. The predicted octanol–water partition coefficient (Wildman–Crippen LogP) is 4.28. The van der Waals surface area contributed by atoms with Crippen LogP contribution < -0.4 is 9.46 Å². The van der Waals surface area contributed by atoms with Crippen LogP contribution in [0.3, 0.4) is 0 Å². The van der Waals surface area contributed by atoms with Gasteiger partial charge in [-0.1, -0.05) is 48.0 Å². The summed E-state index contributed by atoms with van der Waals surface area (Å²) in [6.07, 6.45) is 0. The number of Topliss-reactive ketones (excluding diaryl/α,β-unsaturated/α-hetero) is 1. The second-order valence-corrected chi connectivity index (χ2v) is 8.27. The van der Waals surface area contributed by atoms with Crippen LogP contribution in [-0.4, -0.2) is 19.3 Å². The van der Waals surface area contributed by atoms with E-state index in [2.05, 4.69) is 4.72 Å². The van der Waals surface area contributed by atoms with E-state index in [9.17, 15) is 18.3 Å². The van der Waals surface area contributed by atoms with Crippen LogP contribution in [0, 0.1) is 6.92 Å². The van der Waals surface area contributed by atoms with Crippen molar-refractivity contribution in [2.24, 2.45) is 0 Å². The van der Waals surface area contributed by atoms with E-state index in [-0.39, 0.29) is 28.5 Å². The summed E-state index contributed by atoms with van der Waals surface area (Å²) in [5.74, 6) is -0.751. The molecule has 3 rings (SSSR count). The number of phenolic OH excluding ortho intramolecular Hbond substituents is 1. The average Bonchev–Trinajstić information content (AvgIpc) is 2.69. The smallest absolute Gasteiger partial charge is 0.262 e. The molecule has 0 heterocycles. The molecule has 0 saturated heterocycles. The van der Waals surface area contributed by atoms with Gasteiger partial charge < -0.3 is 9.84 Å². The zero-order chi connectivity index (χ0) is 21.0. The third-order valence-corrected chi connectivity index (χ3v) is 5.69. The van der Waals surface area contributed by atoms with Crippen LogP contribution in [0.2, 0.25) is 0 Å². The van der Waals surface area contributed by atoms with Crippen LogP contribution in [-0.2, 0) is 16.6 Å². The summed E-state index contributed by atoms with van der Waals surface area (Å²) < 4.78 is 33.7. The maximum atomic E-state index is 12.8. The number of aromatic hydroxyl groups is 1. The Bertz CT molecular complexity index is 1120. The third kappa shape index (κ3) is 4.75. The Hall–Kier alpha value is -3.32. The highest BCUT2D eigenvalue weighted by atomic mass is 32.2. The van der Waals surface area contributed by atoms with Crippen LogP contribution in [0.5, 0.6) is 11.5 Å². The van der Waals surface area contributed by atoms with Crippen LogP contribution >= 0.6 is 0 Å². The molecule has 0 saturated carbocycles. The summed E-state index contributed by atoms with van der Waals surface area (Å²) in [6, 6.07) is 18.5. The number of nitrogens with one attached hydrogen (secondary N) is 1. The van der Waals surface area contributed by atoms with Gasteiger partial charge in [0, 0.05) is 0 Å². The molecule has 2 N–H and O–H groups in total. The lowest BCUT2D eigenvalue weighted by atomic mass is 10.1. The molecule has 0 unspecified atom stereocenters. The van der Waals surface area contributed by atoms with Crippen molar-refractivity contribution in [3.8, 4) is 11.5 Å². The highest BCUT2D eigenvalue weighted by molar-refractivity contribution is 7.92. The molecule has 0 bridgehead atoms. The predicted molar refractivity (Wildman–Crippen MR) is 111 cm³/mol.